The van der Waals surface area contributed by atoms with Gasteiger partial charge in [-0.05, 0) is 26.3 Å². The van der Waals surface area contributed by atoms with Gasteiger partial charge in [-0.1, -0.05) is 19.3 Å². The highest BCUT2D eigenvalue weighted by atomic mass is 28.4. The van der Waals surface area contributed by atoms with Gasteiger partial charge in [0.25, 0.3) is 0 Å². The molecule has 3 nitrogen and oxygen atoms in total. The maximum absolute atomic E-state index is 6.02. The first-order valence-electron chi connectivity index (χ1n) is 6.18. The lowest BCUT2D eigenvalue weighted by atomic mass is 10.0. The van der Waals surface area contributed by atoms with E-state index < -0.39 is 8.56 Å². The van der Waals surface area contributed by atoms with Crippen LogP contribution in [0.15, 0.2) is 0 Å². The lowest BCUT2D eigenvalue weighted by Crippen LogP contribution is -2.45. The van der Waals surface area contributed by atoms with Crippen molar-refractivity contribution in [3.05, 3.63) is 0 Å². The molecule has 2 aliphatic rings. The quantitative estimate of drug-likeness (QED) is 0.537. The lowest BCUT2D eigenvalue weighted by Gasteiger charge is -2.35. The van der Waals surface area contributed by atoms with Gasteiger partial charge in [-0.2, -0.15) is 0 Å². The standard InChI is InChI=1S/C11H22O3Si/c1-3-13-15(2,14-11-9-12-11)10-7-5-4-6-8-10/h10-11H,3-9H2,1-2H3. The Morgan fingerprint density at radius 2 is 1.93 bits per heavy atom. The molecule has 2 unspecified atom stereocenters. The molecular weight excluding hydrogens is 208 g/mol. The van der Waals surface area contributed by atoms with E-state index in [0.29, 0.717) is 5.54 Å². The summed E-state index contributed by atoms with van der Waals surface area (Å²) in [6, 6.07) is 0. The summed E-state index contributed by atoms with van der Waals surface area (Å²) in [5, 5.41) is 0. The van der Waals surface area contributed by atoms with E-state index >= 15 is 0 Å². The summed E-state index contributed by atoms with van der Waals surface area (Å²) in [4.78, 5) is 0. The molecule has 0 amide bonds. The zero-order valence-electron chi connectivity index (χ0n) is 9.83. The van der Waals surface area contributed by atoms with E-state index in [1.807, 2.05) is 0 Å². The van der Waals surface area contributed by atoms with Crippen LogP contribution in [-0.2, 0) is 13.6 Å². The van der Waals surface area contributed by atoms with Crippen molar-refractivity contribution in [2.75, 3.05) is 13.2 Å². The minimum atomic E-state index is -1.97. The molecule has 1 saturated carbocycles. The van der Waals surface area contributed by atoms with E-state index in [-0.39, 0.29) is 6.29 Å². The van der Waals surface area contributed by atoms with Crippen LogP contribution in [0.2, 0.25) is 12.1 Å². The summed E-state index contributed by atoms with van der Waals surface area (Å²) < 4.78 is 17.2. The fourth-order valence-electron chi connectivity index (χ4n) is 2.53. The van der Waals surface area contributed by atoms with Crippen LogP contribution >= 0.6 is 0 Å². The summed E-state index contributed by atoms with van der Waals surface area (Å²) in [6.07, 6.45) is 6.69. The van der Waals surface area contributed by atoms with E-state index in [2.05, 4.69) is 13.5 Å². The van der Waals surface area contributed by atoms with Gasteiger partial charge in [0.15, 0.2) is 6.29 Å². The van der Waals surface area contributed by atoms with E-state index in [1.165, 1.54) is 32.1 Å². The molecule has 0 radical (unpaired) electrons. The van der Waals surface area contributed by atoms with Gasteiger partial charge in [0, 0.05) is 12.1 Å². The van der Waals surface area contributed by atoms with Crippen molar-refractivity contribution in [2.45, 2.75) is 57.4 Å². The van der Waals surface area contributed by atoms with Gasteiger partial charge in [0.1, 0.15) is 6.61 Å². The number of hydrogen-bond acceptors (Lipinski definition) is 3. The minimum absolute atomic E-state index is 0.0511. The fraction of sp³-hybridized carbons (Fsp3) is 1.00. The molecule has 2 fully saturated rings. The predicted molar refractivity (Wildman–Crippen MR) is 60.9 cm³/mol. The molecule has 0 aromatic carbocycles. The third-order valence-electron chi connectivity index (χ3n) is 3.45. The molecule has 0 aromatic rings. The summed E-state index contributed by atoms with van der Waals surface area (Å²) in [5.41, 5.74) is 0.676. The SMILES string of the molecule is CCO[Si](C)(OC1CO1)C1CCCCC1. The number of epoxide rings is 1. The second-order valence-corrected chi connectivity index (χ2v) is 8.04. The van der Waals surface area contributed by atoms with E-state index in [0.717, 1.165) is 13.2 Å². The maximum atomic E-state index is 6.02. The molecule has 88 valence electrons. The third kappa shape index (κ3) is 3.03. The van der Waals surface area contributed by atoms with Gasteiger partial charge in [-0.25, -0.2) is 0 Å². The Morgan fingerprint density at radius 1 is 1.27 bits per heavy atom. The van der Waals surface area contributed by atoms with Gasteiger partial charge in [0.2, 0.25) is 0 Å². The minimum Gasteiger partial charge on any atom is -0.394 e. The van der Waals surface area contributed by atoms with E-state index in [9.17, 15) is 0 Å². The van der Waals surface area contributed by atoms with Gasteiger partial charge in [-0.15, -0.1) is 0 Å². The molecule has 1 heterocycles. The highest BCUT2D eigenvalue weighted by Gasteiger charge is 2.45. The van der Waals surface area contributed by atoms with Crippen molar-refractivity contribution in [1.29, 1.82) is 0 Å². The Bertz CT molecular complexity index is 202. The van der Waals surface area contributed by atoms with Crippen LogP contribution in [0, 0.1) is 0 Å². The Kier molecular flexibility index (Phi) is 3.82. The molecule has 1 aliphatic heterocycles. The molecule has 2 atom stereocenters. The predicted octanol–water partition coefficient (Wildman–Crippen LogP) is 2.80. The molecule has 15 heavy (non-hydrogen) atoms. The summed E-state index contributed by atoms with van der Waals surface area (Å²) >= 11 is 0. The Labute approximate surface area is 93.3 Å². The number of hydrogen-bond donors (Lipinski definition) is 0. The van der Waals surface area contributed by atoms with Crippen LogP contribution < -0.4 is 0 Å². The molecule has 0 N–H and O–H groups in total. The first-order valence-corrected chi connectivity index (χ1v) is 8.57. The van der Waals surface area contributed by atoms with Crippen LogP contribution in [0.1, 0.15) is 39.0 Å². The van der Waals surface area contributed by atoms with Crippen LogP contribution in [0.25, 0.3) is 0 Å². The smallest absolute Gasteiger partial charge is 0.340 e. The van der Waals surface area contributed by atoms with Crippen molar-refractivity contribution in [3.8, 4) is 0 Å². The number of rotatable bonds is 5. The average molecular weight is 230 g/mol. The van der Waals surface area contributed by atoms with E-state index in [1.54, 1.807) is 0 Å². The molecule has 0 aromatic heterocycles. The highest BCUT2D eigenvalue weighted by Crippen LogP contribution is 2.39. The van der Waals surface area contributed by atoms with E-state index in [4.69, 9.17) is 13.6 Å². The lowest BCUT2D eigenvalue weighted by molar-refractivity contribution is 0.101. The first-order chi connectivity index (χ1) is 7.24. The van der Waals surface area contributed by atoms with Crippen molar-refractivity contribution in [1.82, 2.24) is 0 Å². The zero-order valence-corrected chi connectivity index (χ0v) is 10.8. The average Bonchev–Trinajstić information content (AvgIpc) is 3.03. The largest absolute Gasteiger partial charge is 0.394 e. The summed E-state index contributed by atoms with van der Waals surface area (Å²) in [6.45, 7) is 5.81. The maximum Gasteiger partial charge on any atom is 0.340 e. The van der Waals surface area contributed by atoms with Crippen LogP contribution in [0.4, 0.5) is 0 Å². The van der Waals surface area contributed by atoms with Gasteiger partial charge in [-0.3, -0.25) is 0 Å². The van der Waals surface area contributed by atoms with Crippen LogP contribution in [0.5, 0.6) is 0 Å². The Morgan fingerprint density at radius 3 is 2.47 bits per heavy atom. The molecule has 0 spiro atoms. The molecule has 1 aliphatic carbocycles. The molecule has 2 rings (SSSR count). The summed E-state index contributed by atoms with van der Waals surface area (Å²) in [5.74, 6) is 0. The van der Waals surface area contributed by atoms with Crippen LogP contribution in [0.3, 0.4) is 0 Å². The van der Waals surface area contributed by atoms with Crippen LogP contribution in [-0.4, -0.2) is 28.1 Å². The third-order valence-corrected chi connectivity index (χ3v) is 7.10. The topological polar surface area (TPSA) is 31.0 Å². The van der Waals surface area contributed by atoms with Crippen molar-refractivity contribution < 1.29 is 13.6 Å². The van der Waals surface area contributed by atoms with Crippen molar-refractivity contribution in [3.63, 3.8) is 0 Å². The Balaban J connectivity index is 1.94. The molecule has 1 saturated heterocycles. The number of ether oxygens (including phenoxy) is 1. The van der Waals surface area contributed by atoms with Crippen molar-refractivity contribution in [2.24, 2.45) is 0 Å². The second-order valence-electron chi connectivity index (χ2n) is 4.66. The molecular formula is C11H22O3Si. The van der Waals surface area contributed by atoms with Gasteiger partial charge in [0.05, 0.1) is 0 Å². The first kappa shape index (κ1) is 11.6. The monoisotopic (exact) mass is 230 g/mol. The second kappa shape index (κ2) is 4.95. The molecule has 4 heteroatoms. The van der Waals surface area contributed by atoms with Gasteiger partial charge < -0.3 is 13.6 Å². The Hall–Kier alpha value is 0.0969. The fourth-order valence-corrected chi connectivity index (χ4v) is 5.71. The summed E-state index contributed by atoms with van der Waals surface area (Å²) in [7, 11) is -1.97. The van der Waals surface area contributed by atoms with Gasteiger partial charge >= 0.3 is 8.56 Å². The molecule has 0 bridgehead atoms. The van der Waals surface area contributed by atoms with Crippen molar-refractivity contribution >= 4 is 8.56 Å². The zero-order chi connectivity index (χ0) is 10.7. The normalized spacial score (nSPS) is 31.2. The highest BCUT2D eigenvalue weighted by molar-refractivity contribution is 6.67.